The van der Waals surface area contributed by atoms with Crippen molar-refractivity contribution in [3.05, 3.63) is 0 Å². The highest BCUT2D eigenvalue weighted by molar-refractivity contribution is 5.99. The second kappa shape index (κ2) is 4.25. The number of carbonyl (C=O) groups is 4. The average Bonchev–Trinajstić information content (AvgIpc) is 2.53. The van der Waals surface area contributed by atoms with Crippen LogP contribution in [0.1, 0.15) is 13.3 Å². The molecule has 0 aromatic rings. The van der Waals surface area contributed by atoms with Crippen molar-refractivity contribution in [3.63, 3.8) is 0 Å². The summed E-state index contributed by atoms with van der Waals surface area (Å²) in [6.45, 7) is 1.74. The number of fused-ring (bicyclic) bond motifs is 1. The predicted octanol–water partition coefficient (Wildman–Crippen LogP) is -1.25. The Labute approximate surface area is 96.4 Å². The third kappa shape index (κ3) is 1.93. The standard InChI is InChI=1S/C10H11NO6/c1-4-5(8(13)16-3-12)2-6-7(11-4)10(15)17-9(6)14/h3-7,11H,2H2,1H3. The van der Waals surface area contributed by atoms with Gasteiger partial charge >= 0.3 is 24.4 Å². The van der Waals surface area contributed by atoms with Gasteiger partial charge in [-0.2, -0.15) is 0 Å². The van der Waals surface area contributed by atoms with E-state index in [-0.39, 0.29) is 18.9 Å². The Kier molecular flexibility index (Phi) is 2.93. The van der Waals surface area contributed by atoms with Crippen molar-refractivity contribution in [2.75, 3.05) is 0 Å². The number of nitrogens with one attached hydrogen (secondary N) is 1. The van der Waals surface area contributed by atoms with Crippen LogP contribution in [0.3, 0.4) is 0 Å². The van der Waals surface area contributed by atoms with Crippen LogP contribution in [0.4, 0.5) is 0 Å². The number of cyclic esters (lactones) is 2. The summed E-state index contributed by atoms with van der Waals surface area (Å²) in [6.07, 6.45) is 0.149. The molecule has 1 N–H and O–H groups in total. The number of hydrogen-bond acceptors (Lipinski definition) is 7. The molecule has 0 aliphatic carbocycles. The van der Waals surface area contributed by atoms with Gasteiger partial charge in [-0.25, -0.2) is 4.79 Å². The Morgan fingerprint density at radius 3 is 2.82 bits per heavy atom. The molecule has 4 atom stereocenters. The second-order valence-electron chi connectivity index (χ2n) is 4.15. The zero-order valence-electron chi connectivity index (χ0n) is 9.04. The third-order valence-corrected chi connectivity index (χ3v) is 3.18. The third-order valence-electron chi connectivity index (χ3n) is 3.18. The molecule has 2 saturated heterocycles. The van der Waals surface area contributed by atoms with E-state index in [0.29, 0.717) is 0 Å². The molecule has 2 aliphatic rings. The summed E-state index contributed by atoms with van der Waals surface area (Å²) in [5.41, 5.74) is 0. The quantitative estimate of drug-likeness (QED) is 0.366. The van der Waals surface area contributed by atoms with E-state index in [1.165, 1.54) is 0 Å². The van der Waals surface area contributed by atoms with Crippen molar-refractivity contribution in [2.45, 2.75) is 25.4 Å². The molecule has 0 spiro atoms. The number of hydrogen-bond donors (Lipinski definition) is 1. The van der Waals surface area contributed by atoms with Gasteiger partial charge in [-0.3, -0.25) is 14.4 Å². The number of ether oxygens (including phenoxy) is 2. The van der Waals surface area contributed by atoms with Crippen LogP contribution >= 0.6 is 0 Å². The molecule has 92 valence electrons. The van der Waals surface area contributed by atoms with Gasteiger partial charge in [-0.1, -0.05) is 0 Å². The molecule has 0 aromatic carbocycles. The van der Waals surface area contributed by atoms with Gasteiger partial charge in [0.1, 0.15) is 6.04 Å². The van der Waals surface area contributed by atoms with Gasteiger partial charge in [-0.15, -0.1) is 0 Å². The van der Waals surface area contributed by atoms with Crippen molar-refractivity contribution in [1.82, 2.24) is 5.32 Å². The molecule has 7 heteroatoms. The molecule has 0 radical (unpaired) electrons. The first-order valence-corrected chi connectivity index (χ1v) is 5.20. The van der Waals surface area contributed by atoms with Gasteiger partial charge in [0.2, 0.25) is 0 Å². The predicted molar refractivity (Wildman–Crippen MR) is 51.2 cm³/mol. The largest absolute Gasteiger partial charge is 0.395 e. The van der Waals surface area contributed by atoms with E-state index in [1.807, 2.05) is 0 Å². The lowest BCUT2D eigenvalue weighted by atomic mass is 9.81. The normalized spacial score (nSPS) is 36.1. The van der Waals surface area contributed by atoms with Crippen LogP contribution in [0.2, 0.25) is 0 Å². The van der Waals surface area contributed by atoms with Crippen LogP contribution in [0, 0.1) is 11.8 Å². The Morgan fingerprint density at radius 2 is 2.18 bits per heavy atom. The van der Waals surface area contributed by atoms with Gasteiger partial charge in [0, 0.05) is 6.04 Å². The molecule has 0 bridgehead atoms. The summed E-state index contributed by atoms with van der Waals surface area (Å²) in [6, 6.07) is -1.06. The lowest BCUT2D eigenvalue weighted by molar-refractivity contribution is -0.157. The van der Waals surface area contributed by atoms with Crippen LogP contribution in [0.25, 0.3) is 0 Å². The van der Waals surface area contributed by atoms with Crippen molar-refractivity contribution >= 4 is 24.4 Å². The molecule has 7 nitrogen and oxygen atoms in total. The van der Waals surface area contributed by atoms with E-state index >= 15 is 0 Å². The summed E-state index contributed by atoms with van der Waals surface area (Å²) in [4.78, 5) is 44.2. The maximum absolute atomic E-state index is 11.5. The van der Waals surface area contributed by atoms with E-state index in [0.717, 1.165) is 0 Å². The minimum atomic E-state index is -0.703. The summed E-state index contributed by atoms with van der Waals surface area (Å²) in [5.74, 6) is -3.27. The van der Waals surface area contributed by atoms with E-state index in [9.17, 15) is 19.2 Å². The minimum Gasteiger partial charge on any atom is -0.395 e. The molecule has 2 rings (SSSR count). The molecule has 0 aromatic heterocycles. The van der Waals surface area contributed by atoms with Crippen LogP contribution in [0.15, 0.2) is 0 Å². The lowest BCUT2D eigenvalue weighted by Gasteiger charge is -2.32. The van der Waals surface area contributed by atoms with Crippen LogP contribution < -0.4 is 5.32 Å². The zero-order chi connectivity index (χ0) is 12.6. The van der Waals surface area contributed by atoms with Crippen LogP contribution in [-0.4, -0.2) is 36.5 Å². The molecule has 0 amide bonds. The molecular formula is C10H11NO6. The fraction of sp³-hybridized carbons (Fsp3) is 0.600. The fourth-order valence-electron chi connectivity index (χ4n) is 2.27. The maximum atomic E-state index is 11.5. The van der Waals surface area contributed by atoms with Gasteiger partial charge in [0.05, 0.1) is 11.8 Å². The van der Waals surface area contributed by atoms with Gasteiger partial charge in [0.15, 0.2) is 0 Å². The molecule has 0 saturated carbocycles. The Hall–Kier alpha value is -1.76. The molecule has 17 heavy (non-hydrogen) atoms. The van der Waals surface area contributed by atoms with Crippen molar-refractivity contribution in [2.24, 2.45) is 11.8 Å². The highest BCUT2D eigenvalue weighted by Gasteiger charge is 2.51. The molecule has 2 fully saturated rings. The van der Waals surface area contributed by atoms with Crippen LogP contribution in [0.5, 0.6) is 0 Å². The van der Waals surface area contributed by atoms with E-state index in [2.05, 4.69) is 14.8 Å². The average molecular weight is 241 g/mol. The van der Waals surface area contributed by atoms with E-state index in [1.54, 1.807) is 6.92 Å². The van der Waals surface area contributed by atoms with Crippen molar-refractivity contribution in [3.8, 4) is 0 Å². The maximum Gasteiger partial charge on any atom is 0.331 e. The van der Waals surface area contributed by atoms with E-state index < -0.39 is 35.8 Å². The first-order chi connectivity index (χ1) is 8.04. The topological polar surface area (TPSA) is 98.8 Å². The first-order valence-electron chi connectivity index (χ1n) is 5.20. The van der Waals surface area contributed by atoms with Gasteiger partial charge in [-0.05, 0) is 13.3 Å². The number of rotatable bonds is 2. The lowest BCUT2D eigenvalue weighted by Crippen LogP contribution is -2.54. The Bertz CT molecular complexity index is 392. The first kappa shape index (κ1) is 11.7. The zero-order valence-corrected chi connectivity index (χ0v) is 9.04. The van der Waals surface area contributed by atoms with Crippen LogP contribution in [-0.2, 0) is 28.7 Å². The second-order valence-corrected chi connectivity index (χ2v) is 4.15. The minimum absolute atomic E-state index is 0.0548. The summed E-state index contributed by atoms with van der Waals surface area (Å²) in [7, 11) is 0. The van der Waals surface area contributed by atoms with E-state index in [4.69, 9.17) is 0 Å². The molecule has 2 aliphatic heterocycles. The fourth-order valence-corrected chi connectivity index (χ4v) is 2.27. The Balaban J connectivity index is 2.14. The molecule has 2 heterocycles. The summed E-state index contributed by atoms with van der Waals surface area (Å²) < 4.78 is 8.75. The van der Waals surface area contributed by atoms with Crippen molar-refractivity contribution in [1.29, 1.82) is 0 Å². The molecular weight excluding hydrogens is 230 g/mol. The monoisotopic (exact) mass is 241 g/mol. The highest BCUT2D eigenvalue weighted by Crippen LogP contribution is 2.31. The SMILES string of the molecule is CC1NC2C(=O)OC(=O)C2CC1C(=O)OC=O. The Morgan fingerprint density at radius 1 is 1.47 bits per heavy atom. The summed E-state index contributed by atoms with van der Waals surface area (Å²) >= 11 is 0. The number of esters is 3. The number of carbonyl (C=O) groups excluding carboxylic acids is 4. The number of piperidine rings is 1. The highest BCUT2D eigenvalue weighted by atomic mass is 16.6. The summed E-state index contributed by atoms with van der Waals surface area (Å²) in [5, 5.41) is 2.84. The van der Waals surface area contributed by atoms with Gasteiger partial charge < -0.3 is 14.8 Å². The van der Waals surface area contributed by atoms with Crippen molar-refractivity contribution < 1.29 is 28.7 Å². The smallest absolute Gasteiger partial charge is 0.331 e. The molecule has 4 unspecified atom stereocenters. The van der Waals surface area contributed by atoms with Gasteiger partial charge in [0.25, 0.3) is 0 Å².